The van der Waals surface area contributed by atoms with Gasteiger partial charge in [0, 0.05) is 48.2 Å². The van der Waals surface area contributed by atoms with Crippen LogP contribution in [0.25, 0.3) is 0 Å². The molecule has 5 aliphatic rings. The summed E-state index contributed by atoms with van der Waals surface area (Å²) in [6.45, 7) is 2.97. The van der Waals surface area contributed by atoms with Crippen molar-refractivity contribution in [3.63, 3.8) is 0 Å². The molecular weight excluding hydrogens is 520 g/mol. The quantitative estimate of drug-likeness (QED) is 0.414. The zero-order chi connectivity index (χ0) is 26.3. The lowest BCUT2D eigenvalue weighted by molar-refractivity contribution is -0.144. The number of methoxy groups -OCH3 is 1. The van der Waals surface area contributed by atoms with E-state index < -0.39 is 5.41 Å². The number of benzene rings is 1. The van der Waals surface area contributed by atoms with Crippen molar-refractivity contribution in [1.29, 1.82) is 0 Å². The molecule has 5 atom stereocenters. The van der Waals surface area contributed by atoms with Crippen LogP contribution in [-0.4, -0.2) is 72.5 Å². The van der Waals surface area contributed by atoms with Crippen molar-refractivity contribution < 1.29 is 14.3 Å². The minimum atomic E-state index is -0.493. The van der Waals surface area contributed by atoms with E-state index in [-0.39, 0.29) is 28.8 Å². The summed E-state index contributed by atoms with van der Waals surface area (Å²) in [6.07, 6.45) is 7.92. The van der Waals surface area contributed by atoms with Gasteiger partial charge >= 0.3 is 6.09 Å². The summed E-state index contributed by atoms with van der Waals surface area (Å²) in [5, 5.41) is 6.89. The Hall–Kier alpha value is -1.90. The van der Waals surface area contributed by atoms with Gasteiger partial charge in [0.05, 0.1) is 19.6 Å². The Morgan fingerprint density at radius 2 is 1.92 bits per heavy atom. The van der Waals surface area contributed by atoms with Gasteiger partial charge in [-0.05, 0) is 43.1 Å². The average Bonchev–Trinajstić information content (AvgIpc) is 3.56. The van der Waals surface area contributed by atoms with Gasteiger partial charge in [0.1, 0.15) is 0 Å². The molecule has 1 unspecified atom stereocenters. The second-order valence-corrected chi connectivity index (χ2v) is 13.5. The maximum absolute atomic E-state index is 14.7. The minimum absolute atomic E-state index is 0.240. The molecule has 1 spiro atoms. The molecular formula is C29H39ClN4O3S. The van der Waals surface area contributed by atoms with Gasteiger partial charge in [0.2, 0.25) is 5.91 Å². The number of nitrogens with zero attached hydrogens (tertiary/aromatic N) is 2. The molecule has 4 aliphatic heterocycles. The van der Waals surface area contributed by atoms with Crippen LogP contribution in [0, 0.1) is 17.3 Å². The number of amides is 2. The number of alkyl halides is 1. The highest BCUT2D eigenvalue weighted by Crippen LogP contribution is 2.53. The summed E-state index contributed by atoms with van der Waals surface area (Å²) in [4.78, 5) is 32.2. The Morgan fingerprint density at radius 3 is 2.68 bits per heavy atom. The Morgan fingerprint density at radius 1 is 1.13 bits per heavy atom. The fraction of sp³-hybridized carbons (Fsp3) is 0.655. The SMILES string of the molecule is COC(=O)N1CC2=C(SC(Cl)N2)[C@@]2(CNC[C@H]2C(=O)N2CC[C@@H](c3ccccc3)C[C@H]2C2CCCCC2)C1. The molecule has 1 aromatic rings. The molecule has 1 saturated carbocycles. The zero-order valence-corrected chi connectivity index (χ0v) is 23.7. The van der Waals surface area contributed by atoms with Crippen LogP contribution in [-0.2, 0) is 9.53 Å². The number of hydrogen-bond acceptors (Lipinski definition) is 6. The number of fused-ring (bicyclic) bond motifs is 1. The molecule has 4 heterocycles. The second-order valence-electron chi connectivity index (χ2n) is 11.7. The normalized spacial score (nSPS) is 33.8. The fourth-order valence-electron chi connectivity index (χ4n) is 7.81. The third-order valence-electron chi connectivity index (χ3n) is 9.64. The molecule has 2 amide bonds. The Labute approximate surface area is 235 Å². The number of nitrogens with one attached hydrogen (secondary N) is 2. The van der Waals surface area contributed by atoms with Crippen LogP contribution in [0.1, 0.15) is 56.4 Å². The Kier molecular flexibility index (Phi) is 7.58. The van der Waals surface area contributed by atoms with E-state index in [0.29, 0.717) is 38.0 Å². The van der Waals surface area contributed by atoms with E-state index in [2.05, 4.69) is 45.9 Å². The highest BCUT2D eigenvalue weighted by molar-refractivity contribution is 8.05. The zero-order valence-electron chi connectivity index (χ0n) is 22.2. The number of carbonyl (C=O) groups is 2. The van der Waals surface area contributed by atoms with E-state index in [0.717, 1.165) is 30.0 Å². The molecule has 38 heavy (non-hydrogen) atoms. The van der Waals surface area contributed by atoms with Crippen molar-refractivity contribution in [3.05, 3.63) is 46.5 Å². The van der Waals surface area contributed by atoms with Crippen LogP contribution in [0.5, 0.6) is 0 Å². The lowest BCUT2D eigenvalue weighted by Crippen LogP contribution is -2.57. The molecule has 1 aliphatic carbocycles. The van der Waals surface area contributed by atoms with Gasteiger partial charge in [0.15, 0.2) is 4.83 Å². The minimum Gasteiger partial charge on any atom is -0.453 e. The molecule has 2 N–H and O–H groups in total. The predicted molar refractivity (Wildman–Crippen MR) is 151 cm³/mol. The van der Waals surface area contributed by atoms with Gasteiger partial charge in [-0.2, -0.15) is 0 Å². The summed E-state index contributed by atoms with van der Waals surface area (Å²) in [7, 11) is 1.42. The molecule has 206 valence electrons. The van der Waals surface area contributed by atoms with Crippen molar-refractivity contribution >= 4 is 35.4 Å². The lowest BCUT2D eigenvalue weighted by Gasteiger charge is -2.48. The Bertz CT molecular complexity index is 1080. The summed E-state index contributed by atoms with van der Waals surface area (Å²) >= 11 is 8.15. The van der Waals surface area contributed by atoms with Crippen LogP contribution in [0.3, 0.4) is 0 Å². The standard InChI is InChI=1S/C29H39ClN4O3S/c1-37-28(36)33-16-23-25(38-27(30)32-23)29(18-33)17-31-15-22(29)26(35)34-13-12-21(19-8-4-2-5-9-19)14-24(34)20-10-6-3-7-11-20/h2,4-5,8-9,20-22,24,27,31-32H,3,6-7,10-18H2,1H3/t21-,22+,24+,27?,29+/m1/s1. The second kappa shape index (κ2) is 10.9. The summed E-state index contributed by atoms with van der Waals surface area (Å²) in [6, 6.07) is 11.1. The maximum Gasteiger partial charge on any atom is 0.409 e. The molecule has 0 aromatic heterocycles. The average molecular weight is 559 g/mol. The highest BCUT2D eigenvalue weighted by atomic mass is 35.5. The van der Waals surface area contributed by atoms with E-state index in [1.165, 1.54) is 44.8 Å². The summed E-state index contributed by atoms with van der Waals surface area (Å²) < 4.78 is 5.11. The fourth-order valence-corrected chi connectivity index (χ4v) is 9.40. The van der Waals surface area contributed by atoms with Gasteiger partial charge in [0.25, 0.3) is 0 Å². The third kappa shape index (κ3) is 4.71. The molecule has 2 saturated heterocycles. The van der Waals surface area contributed by atoms with Gasteiger partial charge in [-0.1, -0.05) is 73.0 Å². The highest BCUT2D eigenvalue weighted by Gasteiger charge is 2.57. The van der Waals surface area contributed by atoms with Crippen molar-refractivity contribution in [3.8, 4) is 0 Å². The molecule has 6 rings (SSSR count). The van der Waals surface area contributed by atoms with E-state index in [4.69, 9.17) is 16.3 Å². The lowest BCUT2D eigenvalue weighted by atomic mass is 9.71. The van der Waals surface area contributed by atoms with Gasteiger partial charge in [-0.15, -0.1) is 0 Å². The number of ether oxygens (including phenoxy) is 1. The summed E-state index contributed by atoms with van der Waals surface area (Å²) in [5.41, 5.74) is 1.87. The number of piperidine rings is 1. The molecule has 7 nitrogen and oxygen atoms in total. The monoisotopic (exact) mass is 558 g/mol. The molecule has 0 bridgehead atoms. The van der Waals surface area contributed by atoms with Gasteiger partial charge in [-0.25, -0.2) is 4.79 Å². The Balaban J connectivity index is 1.31. The number of hydrogen-bond donors (Lipinski definition) is 2. The van der Waals surface area contributed by atoms with E-state index >= 15 is 0 Å². The number of thioether (sulfide) groups is 1. The largest absolute Gasteiger partial charge is 0.453 e. The van der Waals surface area contributed by atoms with Crippen LogP contribution >= 0.6 is 23.4 Å². The van der Waals surface area contributed by atoms with Gasteiger partial charge < -0.3 is 25.2 Å². The first-order chi connectivity index (χ1) is 18.5. The molecule has 9 heteroatoms. The van der Waals surface area contributed by atoms with Crippen LogP contribution in [0.4, 0.5) is 4.79 Å². The van der Waals surface area contributed by atoms with Crippen LogP contribution in [0.15, 0.2) is 40.9 Å². The van der Waals surface area contributed by atoms with Crippen LogP contribution in [0.2, 0.25) is 0 Å². The molecule has 1 aromatic carbocycles. The number of rotatable bonds is 3. The maximum atomic E-state index is 14.7. The number of likely N-dealkylation sites (tertiary alicyclic amines) is 1. The van der Waals surface area contributed by atoms with Gasteiger partial charge in [-0.3, -0.25) is 4.79 Å². The molecule has 3 fully saturated rings. The topological polar surface area (TPSA) is 73.9 Å². The third-order valence-corrected chi connectivity index (χ3v) is 11.2. The summed E-state index contributed by atoms with van der Waals surface area (Å²) in [5.74, 6) is 1.06. The first-order valence-corrected chi connectivity index (χ1v) is 15.5. The van der Waals surface area contributed by atoms with E-state index in [1.807, 2.05) is 0 Å². The van der Waals surface area contributed by atoms with Crippen molar-refractivity contribution in [2.45, 2.75) is 61.7 Å². The smallest absolute Gasteiger partial charge is 0.409 e. The van der Waals surface area contributed by atoms with E-state index in [9.17, 15) is 9.59 Å². The first-order valence-electron chi connectivity index (χ1n) is 14.2. The number of halogens is 1. The van der Waals surface area contributed by atoms with Crippen molar-refractivity contribution in [1.82, 2.24) is 20.4 Å². The van der Waals surface area contributed by atoms with Crippen molar-refractivity contribution in [2.24, 2.45) is 17.3 Å². The molecule has 0 radical (unpaired) electrons. The predicted octanol–water partition coefficient (Wildman–Crippen LogP) is 4.70. The first kappa shape index (κ1) is 26.3. The van der Waals surface area contributed by atoms with E-state index in [1.54, 1.807) is 16.7 Å². The van der Waals surface area contributed by atoms with Crippen molar-refractivity contribution in [2.75, 3.05) is 39.8 Å². The van der Waals surface area contributed by atoms with Crippen LogP contribution < -0.4 is 10.6 Å². The number of carbonyl (C=O) groups excluding carboxylic acids is 2.